The molecule has 0 saturated carbocycles. The minimum atomic E-state index is -0.462. The molecule has 1 aliphatic heterocycles. The molecule has 1 amide bonds. The number of rotatable bonds is 3. The summed E-state index contributed by atoms with van der Waals surface area (Å²) < 4.78 is 1.68. The van der Waals surface area contributed by atoms with E-state index in [0.29, 0.717) is 0 Å². The van der Waals surface area contributed by atoms with E-state index in [0.717, 1.165) is 37.3 Å². The number of piperidine rings is 1. The van der Waals surface area contributed by atoms with E-state index in [1.165, 1.54) is 0 Å². The topological polar surface area (TPSA) is 59.0 Å². The second kappa shape index (κ2) is 5.69. The van der Waals surface area contributed by atoms with Gasteiger partial charge in [-0.15, -0.1) is 0 Å². The van der Waals surface area contributed by atoms with Crippen molar-refractivity contribution in [3.63, 3.8) is 0 Å². The minimum Gasteiger partial charge on any atom is -0.317 e. The summed E-state index contributed by atoms with van der Waals surface area (Å²) >= 11 is 0. The van der Waals surface area contributed by atoms with Crippen LogP contribution in [0.5, 0.6) is 0 Å². The Morgan fingerprint density at radius 1 is 1.24 bits per heavy atom. The van der Waals surface area contributed by atoms with Gasteiger partial charge in [0.2, 0.25) is 5.91 Å². The monoisotopic (exact) mass is 284 g/mol. The van der Waals surface area contributed by atoms with E-state index in [-0.39, 0.29) is 5.91 Å². The number of anilines is 1. The van der Waals surface area contributed by atoms with E-state index in [1.807, 2.05) is 43.4 Å². The Balaban J connectivity index is 1.92. The zero-order valence-corrected chi connectivity index (χ0v) is 12.2. The molecule has 0 bridgehead atoms. The van der Waals surface area contributed by atoms with Crippen LogP contribution < -0.4 is 10.6 Å². The molecule has 1 aromatic carbocycles. The molecule has 5 nitrogen and oxygen atoms in total. The first-order chi connectivity index (χ1) is 10.2. The molecule has 3 rings (SSSR count). The first-order valence-electron chi connectivity index (χ1n) is 7.28. The normalized spacial score (nSPS) is 17.4. The van der Waals surface area contributed by atoms with Gasteiger partial charge in [-0.05, 0) is 31.5 Å². The van der Waals surface area contributed by atoms with Crippen LogP contribution >= 0.6 is 0 Å². The van der Waals surface area contributed by atoms with Crippen molar-refractivity contribution in [2.75, 3.05) is 18.4 Å². The molecule has 110 valence electrons. The number of carbonyl (C=O) groups excluding carboxylic acids is 1. The van der Waals surface area contributed by atoms with Crippen LogP contribution in [-0.4, -0.2) is 28.8 Å². The predicted octanol–water partition coefficient (Wildman–Crippen LogP) is 1.68. The highest BCUT2D eigenvalue weighted by Gasteiger charge is 2.41. The smallest absolute Gasteiger partial charge is 0.236 e. The number of nitrogens with one attached hydrogen (secondary N) is 2. The maximum Gasteiger partial charge on any atom is 0.236 e. The standard InChI is InChI=1S/C16H20N4O/c1-20-14(7-10-18-20)19-15(21)16(8-11-17-12-9-16)13-5-3-2-4-6-13/h2-7,10,17H,8-9,11-12H2,1H3,(H,19,21). The number of aryl methyl sites for hydroxylation is 1. The molecule has 1 aromatic heterocycles. The first kappa shape index (κ1) is 13.8. The van der Waals surface area contributed by atoms with Crippen molar-refractivity contribution in [1.29, 1.82) is 0 Å². The summed E-state index contributed by atoms with van der Waals surface area (Å²) in [4.78, 5) is 13.0. The quantitative estimate of drug-likeness (QED) is 0.901. The third-order valence-corrected chi connectivity index (χ3v) is 4.28. The molecule has 0 unspecified atom stereocenters. The maximum atomic E-state index is 13.0. The Morgan fingerprint density at radius 3 is 2.57 bits per heavy atom. The van der Waals surface area contributed by atoms with E-state index < -0.39 is 5.41 Å². The third-order valence-electron chi connectivity index (χ3n) is 4.28. The van der Waals surface area contributed by atoms with E-state index in [2.05, 4.69) is 15.7 Å². The zero-order valence-electron chi connectivity index (χ0n) is 12.2. The van der Waals surface area contributed by atoms with Gasteiger partial charge in [0.25, 0.3) is 0 Å². The highest BCUT2D eigenvalue weighted by Crippen LogP contribution is 2.34. The number of benzene rings is 1. The summed E-state index contributed by atoms with van der Waals surface area (Å²) in [5.41, 5.74) is 0.628. The lowest BCUT2D eigenvalue weighted by atomic mass is 9.72. The molecular weight excluding hydrogens is 264 g/mol. The van der Waals surface area contributed by atoms with Crippen molar-refractivity contribution in [3.05, 3.63) is 48.2 Å². The van der Waals surface area contributed by atoms with Crippen molar-refractivity contribution in [2.45, 2.75) is 18.3 Å². The van der Waals surface area contributed by atoms with Gasteiger partial charge in [0.05, 0.1) is 11.6 Å². The van der Waals surface area contributed by atoms with Gasteiger partial charge in [-0.25, -0.2) is 0 Å². The average Bonchev–Trinajstić information content (AvgIpc) is 2.94. The molecule has 5 heteroatoms. The lowest BCUT2D eigenvalue weighted by molar-refractivity contribution is -0.122. The van der Waals surface area contributed by atoms with Gasteiger partial charge in [0.1, 0.15) is 5.82 Å². The van der Waals surface area contributed by atoms with Crippen molar-refractivity contribution in [2.24, 2.45) is 7.05 Å². The van der Waals surface area contributed by atoms with Crippen LogP contribution in [-0.2, 0) is 17.3 Å². The zero-order chi connectivity index (χ0) is 14.7. The molecule has 0 atom stereocenters. The van der Waals surface area contributed by atoms with Crippen molar-refractivity contribution >= 4 is 11.7 Å². The second-order valence-corrected chi connectivity index (χ2v) is 5.49. The Hall–Kier alpha value is -2.14. The van der Waals surface area contributed by atoms with Crippen molar-refractivity contribution in [1.82, 2.24) is 15.1 Å². The molecule has 1 saturated heterocycles. The lowest BCUT2D eigenvalue weighted by Gasteiger charge is -2.36. The van der Waals surface area contributed by atoms with Gasteiger partial charge in [0, 0.05) is 13.1 Å². The number of nitrogens with zero attached hydrogens (tertiary/aromatic N) is 2. The third kappa shape index (κ3) is 2.56. The molecule has 2 N–H and O–H groups in total. The van der Waals surface area contributed by atoms with E-state index in [1.54, 1.807) is 10.9 Å². The predicted molar refractivity (Wildman–Crippen MR) is 82.1 cm³/mol. The summed E-state index contributed by atoms with van der Waals surface area (Å²) in [6.45, 7) is 1.71. The van der Waals surface area contributed by atoms with Crippen molar-refractivity contribution < 1.29 is 4.79 Å². The number of carbonyl (C=O) groups is 1. The Morgan fingerprint density at radius 2 is 1.95 bits per heavy atom. The number of hydrogen-bond donors (Lipinski definition) is 2. The summed E-state index contributed by atoms with van der Waals surface area (Å²) in [7, 11) is 1.83. The SMILES string of the molecule is Cn1nccc1NC(=O)C1(c2ccccc2)CCNCC1. The summed E-state index contributed by atoms with van der Waals surface area (Å²) in [5, 5.41) is 10.5. The van der Waals surface area contributed by atoms with Crippen LogP contribution in [0.1, 0.15) is 18.4 Å². The highest BCUT2D eigenvalue weighted by molar-refractivity contribution is 5.98. The van der Waals surface area contributed by atoms with Crippen LogP contribution in [0.4, 0.5) is 5.82 Å². The van der Waals surface area contributed by atoms with Crippen LogP contribution in [0, 0.1) is 0 Å². The van der Waals surface area contributed by atoms with E-state index in [4.69, 9.17) is 0 Å². The van der Waals surface area contributed by atoms with Crippen molar-refractivity contribution in [3.8, 4) is 0 Å². The molecule has 2 aromatic rings. The molecule has 21 heavy (non-hydrogen) atoms. The lowest BCUT2D eigenvalue weighted by Crippen LogP contribution is -2.48. The average molecular weight is 284 g/mol. The van der Waals surface area contributed by atoms with Crippen LogP contribution in [0.2, 0.25) is 0 Å². The Bertz CT molecular complexity index is 614. The molecule has 0 aliphatic carbocycles. The van der Waals surface area contributed by atoms with Crippen LogP contribution in [0.15, 0.2) is 42.6 Å². The molecule has 0 spiro atoms. The minimum absolute atomic E-state index is 0.0544. The fourth-order valence-corrected chi connectivity index (χ4v) is 2.99. The van der Waals surface area contributed by atoms with Gasteiger partial charge in [-0.2, -0.15) is 5.10 Å². The van der Waals surface area contributed by atoms with E-state index in [9.17, 15) is 4.79 Å². The highest BCUT2D eigenvalue weighted by atomic mass is 16.2. The van der Waals surface area contributed by atoms with Gasteiger partial charge in [-0.1, -0.05) is 30.3 Å². The Kier molecular flexibility index (Phi) is 3.75. The summed E-state index contributed by atoms with van der Waals surface area (Å²) in [5.74, 6) is 0.785. The Labute approximate surface area is 124 Å². The van der Waals surface area contributed by atoms with Gasteiger partial charge < -0.3 is 10.6 Å². The molecule has 0 radical (unpaired) electrons. The molecule has 1 aliphatic rings. The fourth-order valence-electron chi connectivity index (χ4n) is 2.99. The molecule has 2 heterocycles. The number of amides is 1. The number of aromatic nitrogens is 2. The summed E-state index contributed by atoms with van der Waals surface area (Å²) in [6.07, 6.45) is 3.30. The number of hydrogen-bond acceptors (Lipinski definition) is 3. The largest absolute Gasteiger partial charge is 0.317 e. The van der Waals surface area contributed by atoms with Gasteiger partial charge in [0.15, 0.2) is 0 Å². The first-order valence-corrected chi connectivity index (χ1v) is 7.28. The van der Waals surface area contributed by atoms with E-state index >= 15 is 0 Å². The summed E-state index contributed by atoms with van der Waals surface area (Å²) in [6, 6.07) is 11.9. The molecule has 1 fully saturated rings. The second-order valence-electron chi connectivity index (χ2n) is 5.49. The van der Waals surface area contributed by atoms with Gasteiger partial charge in [-0.3, -0.25) is 9.48 Å². The molecular formula is C16H20N4O. The maximum absolute atomic E-state index is 13.0. The van der Waals surface area contributed by atoms with Crippen LogP contribution in [0.3, 0.4) is 0 Å². The van der Waals surface area contributed by atoms with Crippen LogP contribution in [0.25, 0.3) is 0 Å². The van der Waals surface area contributed by atoms with Gasteiger partial charge >= 0.3 is 0 Å². The fraction of sp³-hybridized carbons (Fsp3) is 0.375.